The van der Waals surface area contributed by atoms with Crippen molar-refractivity contribution >= 4 is 5.57 Å². The van der Waals surface area contributed by atoms with Crippen molar-refractivity contribution in [1.82, 2.24) is 0 Å². The number of fused-ring (bicyclic) bond motifs is 2. The van der Waals surface area contributed by atoms with Gasteiger partial charge >= 0.3 is 0 Å². The van der Waals surface area contributed by atoms with Crippen molar-refractivity contribution in [3.8, 4) is 0 Å². The fraction of sp³-hybridized carbons (Fsp3) is 0.200. The van der Waals surface area contributed by atoms with Gasteiger partial charge < -0.3 is 0 Å². The van der Waals surface area contributed by atoms with E-state index in [0.717, 1.165) is 5.57 Å². The third kappa shape index (κ3) is 3.17. The van der Waals surface area contributed by atoms with Crippen molar-refractivity contribution in [2.24, 2.45) is 0 Å². The molecule has 1 unspecified atom stereocenters. The van der Waals surface area contributed by atoms with E-state index in [1.807, 2.05) is 0 Å². The molecule has 0 radical (unpaired) electrons. The van der Waals surface area contributed by atoms with Crippen molar-refractivity contribution in [2.45, 2.75) is 40.0 Å². The molecule has 1 atom stereocenters. The zero-order chi connectivity index (χ0) is 21.7. The van der Waals surface area contributed by atoms with Gasteiger partial charge in [-0.05, 0) is 79.2 Å². The molecule has 0 N–H and O–H groups in total. The second-order valence-corrected chi connectivity index (χ2v) is 7.63. The van der Waals surface area contributed by atoms with E-state index in [1.54, 1.807) is 0 Å². The number of benzene rings is 1. The van der Waals surface area contributed by atoms with Gasteiger partial charge in [0.05, 0.1) is 5.41 Å². The van der Waals surface area contributed by atoms with Crippen LogP contribution in [0.5, 0.6) is 0 Å². The third-order valence-electron chi connectivity index (χ3n) is 5.98. The Morgan fingerprint density at radius 2 is 1.47 bits per heavy atom. The van der Waals surface area contributed by atoms with Gasteiger partial charge in [-0.3, -0.25) is 0 Å². The van der Waals surface area contributed by atoms with Crippen LogP contribution >= 0.6 is 0 Å². The van der Waals surface area contributed by atoms with Crippen LogP contribution in [-0.2, 0) is 5.41 Å². The van der Waals surface area contributed by atoms with Gasteiger partial charge in [0.15, 0.2) is 0 Å². The average molecular weight is 393 g/mol. The zero-order valence-electron chi connectivity index (χ0n) is 18.9. The predicted molar refractivity (Wildman–Crippen MR) is 133 cm³/mol. The van der Waals surface area contributed by atoms with E-state index in [0.29, 0.717) is 0 Å². The van der Waals surface area contributed by atoms with Gasteiger partial charge in [-0.15, -0.1) is 0 Å². The van der Waals surface area contributed by atoms with Gasteiger partial charge in [-0.1, -0.05) is 97.7 Å². The summed E-state index contributed by atoms with van der Waals surface area (Å²) < 4.78 is 0. The number of hydrogen-bond donors (Lipinski definition) is 0. The molecule has 0 aliphatic heterocycles. The largest absolute Gasteiger partial charge is 0.0908 e. The van der Waals surface area contributed by atoms with Crippen LogP contribution in [0.1, 0.15) is 45.7 Å². The molecule has 0 amide bonds. The van der Waals surface area contributed by atoms with Crippen molar-refractivity contribution in [1.29, 1.82) is 0 Å². The van der Waals surface area contributed by atoms with E-state index in [2.05, 4.69) is 132 Å². The van der Waals surface area contributed by atoms with Gasteiger partial charge in [0.1, 0.15) is 0 Å². The Hall–Kier alpha value is -3.12. The van der Waals surface area contributed by atoms with Gasteiger partial charge in [0.2, 0.25) is 0 Å². The summed E-state index contributed by atoms with van der Waals surface area (Å²) in [7, 11) is 0. The van der Waals surface area contributed by atoms with E-state index in [4.69, 9.17) is 0 Å². The first-order valence-corrected chi connectivity index (χ1v) is 10.7. The van der Waals surface area contributed by atoms with Gasteiger partial charge in [-0.2, -0.15) is 0 Å². The van der Waals surface area contributed by atoms with Crippen LogP contribution < -0.4 is 0 Å². The molecule has 0 heteroatoms. The Morgan fingerprint density at radius 1 is 0.767 bits per heavy atom. The lowest BCUT2D eigenvalue weighted by molar-refractivity contribution is 0.779. The molecular weight excluding hydrogens is 360 g/mol. The van der Waals surface area contributed by atoms with Gasteiger partial charge in [0, 0.05) is 0 Å². The Kier molecular flexibility index (Phi) is 6.57. The molecule has 3 rings (SSSR count). The molecule has 0 aromatic heterocycles. The summed E-state index contributed by atoms with van der Waals surface area (Å²) in [6.45, 7) is 15.1. The highest BCUT2D eigenvalue weighted by atomic mass is 14.5. The average Bonchev–Trinajstić information content (AvgIpc) is 3.13. The van der Waals surface area contributed by atoms with Gasteiger partial charge in [-0.25, -0.2) is 0 Å². The van der Waals surface area contributed by atoms with Crippen molar-refractivity contribution in [3.63, 3.8) is 0 Å². The lowest BCUT2D eigenvalue weighted by atomic mass is 9.68. The van der Waals surface area contributed by atoms with E-state index in [9.17, 15) is 0 Å². The fourth-order valence-corrected chi connectivity index (χ4v) is 4.84. The SMILES string of the molecule is C=C1/C(=C\C=C/C)C2(C(/C=C\C=C/C)=C(C)C(/C=C\C)=C2/C=C\C)c2ccccc21. The molecule has 2 aliphatic carbocycles. The van der Waals surface area contributed by atoms with Crippen LogP contribution in [0.15, 0.2) is 126 Å². The van der Waals surface area contributed by atoms with E-state index in [1.165, 1.54) is 39.0 Å². The molecule has 0 heterocycles. The molecular formula is C30H32. The molecule has 152 valence electrons. The quantitative estimate of drug-likeness (QED) is 0.441. The molecule has 0 nitrogen and oxygen atoms in total. The standard InChI is InChI=1S/C30H32/c1-7-11-13-20-27-22(5)24(16-9-3)28(17-10-4)30(27)26(19-12-8-2)23(6)25-18-14-15-21-29(25)30/h7-21H,6H2,1-5H3/b11-7-,12-8-,16-9-,17-10-,20-13-,26-19+. The maximum atomic E-state index is 4.54. The number of hydrogen-bond acceptors (Lipinski definition) is 0. The summed E-state index contributed by atoms with van der Waals surface area (Å²) in [6, 6.07) is 8.74. The fourth-order valence-electron chi connectivity index (χ4n) is 4.84. The monoisotopic (exact) mass is 392 g/mol. The summed E-state index contributed by atoms with van der Waals surface area (Å²) in [5.74, 6) is 0. The first-order chi connectivity index (χ1) is 14.6. The Bertz CT molecular complexity index is 1090. The second-order valence-electron chi connectivity index (χ2n) is 7.63. The minimum absolute atomic E-state index is 0.350. The minimum atomic E-state index is -0.350. The number of allylic oxidation sites excluding steroid dienone is 17. The second kappa shape index (κ2) is 9.13. The van der Waals surface area contributed by atoms with E-state index >= 15 is 0 Å². The van der Waals surface area contributed by atoms with Crippen LogP contribution in [0.3, 0.4) is 0 Å². The zero-order valence-corrected chi connectivity index (χ0v) is 18.9. The Morgan fingerprint density at radius 3 is 2.13 bits per heavy atom. The first-order valence-electron chi connectivity index (χ1n) is 10.7. The summed E-state index contributed by atoms with van der Waals surface area (Å²) in [4.78, 5) is 0. The Balaban J connectivity index is 2.53. The molecule has 0 bridgehead atoms. The summed E-state index contributed by atoms with van der Waals surface area (Å²) >= 11 is 0. The Labute approximate surface area is 182 Å². The maximum Gasteiger partial charge on any atom is 0.0721 e. The topological polar surface area (TPSA) is 0 Å². The summed E-state index contributed by atoms with van der Waals surface area (Å²) in [5.41, 5.74) is 9.83. The molecule has 1 aromatic carbocycles. The number of rotatable bonds is 5. The third-order valence-corrected chi connectivity index (χ3v) is 5.98. The maximum absolute atomic E-state index is 4.54. The summed E-state index contributed by atoms with van der Waals surface area (Å²) in [6.07, 6.45) is 23.9. The highest BCUT2D eigenvalue weighted by Crippen LogP contribution is 2.62. The van der Waals surface area contributed by atoms with E-state index < -0.39 is 0 Å². The van der Waals surface area contributed by atoms with Crippen LogP contribution in [0, 0.1) is 0 Å². The van der Waals surface area contributed by atoms with Crippen LogP contribution in [0.4, 0.5) is 0 Å². The molecule has 0 fully saturated rings. The minimum Gasteiger partial charge on any atom is -0.0908 e. The van der Waals surface area contributed by atoms with E-state index in [-0.39, 0.29) is 5.41 Å². The lowest BCUT2D eigenvalue weighted by Gasteiger charge is -2.33. The van der Waals surface area contributed by atoms with Crippen LogP contribution in [0.25, 0.3) is 5.57 Å². The molecule has 2 aliphatic rings. The smallest absolute Gasteiger partial charge is 0.0721 e. The predicted octanol–water partition coefficient (Wildman–Crippen LogP) is 8.36. The molecule has 30 heavy (non-hydrogen) atoms. The van der Waals surface area contributed by atoms with Crippen molar-refractivity contribution in [2.75, 3.05) is 0 Å². The highest BCUT2D eigenvalue weighted by Gasteiger charge is 2.52. The van der Waals surface area contributed by atoms with Crippen molar-refractivity contribution in [3.05, 3.63) is 137 Å². The first kappa shape index (κ1) is 21.6. The molecule has 0 saturated carbocycles. The normalized spacial score (nSPS) is 23.5. The molecule has 1 aromatic rings. The molecule has 0 saturated heterocycles. The van der Waals surface area contributed by atoms with Crippen molar-refractivity contribution < 1.29 is 0 Å². The van der Waals surface area contributed by atoms with Gasteiger partial charge in [0.25, 0.3) is 0 Å². The van der Waals surface area contributed by atoms with Crippen LogP contribution in [0.2, 0.25) is 0 Å². The highest BCUT2D eigenvalue weighted by molar-refractivity contribution is 5.96. The summed E-state index contributed by atoms with van der Waals surface area (Å²) in [5, 5.41) is 0. The molecule has 1 spiro atoms. The lowest BCUT2D eigenvalue weighted by Crippen LogP contribution is -2.27. The van der Waals surface area contributed by atoms with Crippen LogP contribution in [-0.4, -0.2) is 0 Å².